The number of benzene rings is 1. The van der Waals surface area contributed by atoms with Crippen LogP contribution in [0, 0.1) is 35.0 Å². The summed E-state index contributed by atoms with van der Waals surface area (Å²) >= 11 is 0. The molecule has 1 heterocycles. The highest BCUT2D eigenvalue weighted by atomic mass is 16.3. The second-order valence-electron chi connectivity index (χ2n) is 10.2. The van der Waals surface area contributed by atoms with Crippen molar-refractivity contribution in [3.8, 4) is 0 Å². The Bertz CT molecular complexity index is 949. The van der Waals surface area contributed by atoms with E-state index >= 15 is 0 Å². The van der Waals surface area contributed by atoms with Crippen LogP contribution in [0.2, 0.25) is 0 Å². The summed E-state index contributed by atoms with van der Waals surface area (Å²) in [6.07, 6.45) is 9.11. The Balaban J connectivity index is 1.84. The smallest absolute Gasteiger partial charge is 0.235 e. The van der Waals surface area contributed by atoms with Crippen molar-refractivity contribution in [3.63, 3.8) is 0 Å². The van der Waals surface area contributed by atoms with Gasteiger partial charge in [0.25, 0.3) is 0 Å². The van der Waals surface area contributed by atoms with Crippen molar-refractivity contribution in [2.75, 3.05) is 0 Å². The molecule has 1 unspecified atom stereocenters. The summed E-state index contributed by atoms with van der Waals surface area (Å²) < 4.78 is 0. The van der Waals surface area contributed by atoms with E-state index in [1.807, 2.05) is 49.4 Å². The molecule has 1 aliphatic heterocycles. The van der Waals surface area contributed by atoms with Crippen LogP contribution >= 0.6 is 0 Å². The van der Waals surface area contributed by atoms with Gasteiger partial charge in [-0.3, -0.25) is 9.59 Å². The summed E-state index contributed by atoms with van der Waals surface area (Å²) in [6, 6.07) is 9.86. The quantitative estimate of drug-likeness (QED) is 0.541. The van der Waals surface area contributed by atoms with E-state index in [0.29, 0.717) is 17.9 Å². The third kappa shape index (κ3) is 3.69. The molecule has 1 amide bonds. The minimum Gasteiger partial charge on any atom is -0.388 e. The molecule has 32 heavy (non-hydrogen) atoms. The molecule has 0 aromatic heterocycles. The Kier molecular flexibility index (Phi) is 6.26. The number of nitrogens with one attached hydrogen (secondary N) is 1. The molecule has 4 heteroatoms. The van der Waals surface area contributed by atoms with Crippen molar-refractivity contribution < 1.29 is 14.7 Å². The standard InChI is InChI=1S/C28H35NO3/c1-17-9-8-12-22-26(31)20(4)19(3)25-23(16-21-10-6-5-7-11-21)29-27(32)28(22,25)24(30)14-13-18(2)15-17/h5-8,10-14,17-19,22-23,25-26,31H,4,9,15-16H2,1-3H3,(H,29,32)/b12-8+,14-13+/t17?,18-,19+,22-,23-,25-,26+,28-/m0/s1. The SMILES string of the molecule is C=C1[C@@H](C)[C@H]2[C@H](Cc3ccccc3)NC(=O)[C@@]23C(=O)/C=C/[C@H](C)CC(C)C/C=C/[C@H]3[C@@H]1O. The van der Waals surface area contributed by atoms with Gasteiger partial charge in [-0.15, -0.1) is 0 Å². The molecular weight excluding hydrogens is 398 g/mol. The number of hydrogen-bond acceptors (Lipinski definition) is 3. The largest absolute Gasteiger partial charge is 0.388 e. The van der Waals surface area contributed by atoms with Gasteiger partial charge in [0.05, 0.1) is 6.10 Å². The number of carbonyl (C=O) groups excluding carboxylic acids is 2. The fraction of sp³-hybridized carbons (Fsp3) is 0.500. The van der Waals surface area contributed by atoms with E-state index in [9.17, 15) is 14.7 Å². The van der Waals surface area contributed by atoms with E-state index in [-0.39, 0.29) is 35.5 Å². The Morgan fingerprint density at radius 3 is 2.56 bits per heavy atom. The summed E-state index contributed by atoms with van der Waals surface area (Å²) in [7, 11) is 0. The predicted octanol–water partition coefficient (Wildman–Crippen LogP) is 4.26. The van der Waals surface area contributed by atoms with Gasteiger partial charge >= 0.3 is 0 Å². The molecule has 1 saturated heterocycles. The highest BCUT2D eigenvalue weighted by Gasteiger charge is 2.67. The number of amides is 1. The van der Waals surface area contributed by atoms with Crippen LogP contribution in [-0.2, 0) is 16.0 Å². The molecule has 3 aliphatic rings. The third-order valence-corrected chi connectivity index (χ3v) is 7.96. The highest BCUT2D eigenvalue weighted by Crippen LogP contribution is 2.56. The Morgan fingerprint density at radius 2 is 1.84 bits per heavy atom. The van der Waals surface area contributed by atoms with E-state index in [0.717, 1.165) is 18.4 Å². The van der Waals surface area contributed by atoms with Crippen LogP contribution in [0.15, 0.2) is 66.8 Å². The molecule has 0 radical (unpaired) electrons. The van der Waals surface area contributed by atoms with Crippen molar-refractivity contribution >= 4 is 11.7 Å². The van der Waals surface area contributed by atoms with Crippen LogP contribution in [0.3, 0.4) is 0 Å². The summed E-state index contributed by atoms with van der Waals surface area (Å²) in [6.45, 7) is 10.5. The Labute approximate surface area is 191 Å². The zero-order chi connectivity index (χ0) is 23.0. The maximum atomic E-state index is 13.9. The van der Waals surface area contributed by atoms with Gasteiger partial charge in [-0.25, -0.2) is 0 Å². The number of aliphatic hydroxyl groups excluding tert-OH is 1. The number of rotatable bonds is 2. The molecule has 2 fully saturated rings. The third-order valence-electron chi connectivity index (χ3n) is 7.96. The molecule has 8 atom stereocenters. The van der Waals surface area contributed by atoms with Crippen molar-refractivity contribution in [1.82, 2.24) is 5.32 Å². The summed E-state index contributed by atoms with van der Waals surface area (Å²) in [5.41, 5.74) is 0.510. The van der Waals surface area contributed by atoms with Crippen LogP contribution in [-0.4, -0.2) is 28.9 Å². The van der Waals surface area contributed by atoms with E-state index in [2.05, 4.69) is 31.8 Å². The minimum absolute atomic E-state index is 0.166. The van der Waals surface area contributed by atoms with Gasteiger partial charge in [0.2, 0.25) is 5.91 Å². The number of allylic oxidation sites excluding steroid dienone is 3. The van der Waals surface area contributed by atoms with Crippen molar-refractivity contribution in [1.29, 1.82) is 0 Å². The van der Waals surface area contributed by atoms with Crippen molar-refractivity contribution in [2.24, 2.45) is 35.0 Å². The second kappa shape index (κ2) is 8.82. The lowest BCUT2D eigenvalue weighted by Gasteiger charge is -2.48. The van der Waals surface area contributed by atoms with E-state index in [1.165, 1.54) is 0 Å². The van der Waals surface area contributed by atoms with Crippen LogP contribution < -0.4 is 5.32 Å². The van der Waals surface area contributed by atoms with E-state index in [4.69, 9.17) is 0 Å². The first-order valence-corrected chi connectivity index (χ1v) is 11.9. The topological polar surface area (TPSA) is 66.4 Å². The lowest BCUT2D eigenvalue weighted by atomic mass is 9.52. The maximum absolute atomic E-state index is 13.9. The monoisotopic (exact) mass is 433 g/mol. The highest BCUT2D eigenvalue weighted by molar-refractivity contribution is 6.13. The minimum atomic E-state index is -1.32. The molecule has 0 bridgehead atoms. The molecule has 1 aromatic rings. The average molecular weight is 434 g/mol. The zero-order valence-electron chi connectivity index (χ0n) is 19.3. The van der Waals surface area contributed by atoms with Crippen LogP contribution in [0.4, 0.5) is 0 Å². The Hall–Kier alpha value is -2.46. The van der Waals surface area contributed by atoms with Gasteiger partial charge in [0, 0.05) is 17.9 Å². The first kappa shape index (κ1) is 22.7. The second-order valence-corrected chi connectivity index (χ2v) is 10.2. The first-order valence-electron chi connectivity index (χ1n) is 11.9. The van der Waals surface area contributed by atoms with Gasteiger partial charge < -0.3 is 10.4 Å². The molecule has 4 nitrogen and oxygen atoms in total. The fourth-order valence-electron chi connectivity index (χ4n) is 6.34. The van der Waals surface area contributed by atoms with Gasteiger partial charge in [-0.2, -0.15) is 0 Å². The lowest BCUT2D eigenvalue weighted by Crippen LogP contribution is -2.58. The summed E-state index contributed by atoms with van der Waals surface area (Å²) in [4.78, 5) is 27.6. The molecule has 4 rings (SSSR count). The van der Waals surface area contributed by atoms with Gasteiger partial charge in [0.1, 0.15) is 5.41 Å². The lowest BCUT2D eigenvalue weighted by molar-refractivity contribution is -0.148. The molecule has 170 valence electrons. The van der Waals surface area contributed by atoms with Crippen molar-refractivity contribution in [3.05, 3.63) is 72.4 Å². The summed E-state index contributed by atoms with van der Waals surface area (Å²) in [5.74, 6) is -0.797. The first-order chi connectivity index (χ1) is 15.3. The molecule has 1 aromatic carbocycles. The normalized spacial score (nSPS) is 41.8. The van der Waals surface area contributed by atoms with E-state index < -0.39 is 17.4 Å². The molecular formula is C28H35NO3. The number of hydrogen-bond donors (Lipinski definition) is 2. The van der Waals surface area contributed by atoms with Crippen LogP contribution in [0.5, 0.6) is 0 Å². The van der Waals surface area contributed by atoms with Crippen LogP contribution in [0.25, 0.3) is 0 Å². The predicted molar refractivity (Wildman–Crippen MR) is 127 cm³/mol. The van der Waals surface area contributed by atoms with Crippen molar-refractivity contribution in [2.45, 2.75) is 52.2 Å². The average Bonchev–Trinajstić information content (AvgIpc) is 3.04. The van der Waals surface area contributed by atoms with E-state index in [1.54, 1.807) is 6.08 Å². The number of carbonyl (C=O) groups is 2. The zero-order valence-corrected chi connectivity index (χ0v) is 19.3. The Morgan fingerprint density at radius 1 is 1.12 bits per heavy atom. The fourth-order valence-corrected chi connectivity index (χ4v) is 6.34. The number of ketones is 1. The molecule has 1 saturated carbocycles. The number of aliphatic hydroxyl groups is 1. The summed E-state index contributed by atoms with van der Waals surface area (Å²) in [5, 5.41) is 14.4. The van der Waals surface area contributed by atoms with Crippen LogP contribution in [0.1, 0.15) is 39.2 Å². The van der Waals surface area contributed by atoms with Gasteiger partial charge in [0.15, 0.2) is 5.78 Å². The van der Waals surface area contributed by atoms with Gasteiger partial charge in [-0.05, 0) is 54.2 Å². The maximum Gasteiger partial charge on any atom is 0.235 e. The van der Waals surface area contributed by atoms with Gasteiger partial charge in [-0.1, -0.05) is 75.9 Å². The molecule has 1 spiro atoms. The molecule has 2 N–H and O–H groups in total. The molecule has 2 aliphatic carbocycles.